The maximum atomic E-state index is 11.5. The van der Waals surface area contributed by atoms with Gasteiger partial charge in [-0.15, -0.1) is 0 Å². The van der Waals surface area contributed by atoms with Gasteiger partial charge in [0.1, 0.15) is 0 Å². The molecule has 4 heteroatoms. The lowest BCUT2D eigenvalue weighted by molar-refractivity contribution is -0.120. The average molecular weight is 285 g/mol. The summed E-state index contributed by atoms with van der Waals surface area (Å²) < 4.78 is 1.03. The largest absolute Gasteiger partial charge is 0.376 e. The van der Waals surface area contributed by atoms with Gasteiger partial charge in [0.15, 0.2) is 0 Å². The van der Waals surface area contributed by atoms with E-state index >= 15 is 0 Å². The van der Waals surface area contributed by atoms with Crippen molar-refractivity contribution < 1.29 is 4.79 Å². The lowest BCUT2D eigenvalue weighted by Crippen LogP contribution is -2.36. The van der Waals surface area contributed by atoms with Gasteiger partial charge < -0.3 is 10.6 Å². The van der Waals surface area contributed by atoms with E-state index in [0.29, 0.717) is 6.54 Å². The molecule has 1 unspecified atom stereocenters. The monoisotopic (exact) mass is 284 g/mol. The fourth-order valence-corrected chi connectivity index (χ4v) is 1.44. The maximum absolute atomic E-state index is 11.5. The fourth-order valence-electron chi connectivity index (χ4n) is 1.18. The van der Waals surface area contributed by atoms with E-state index in [4.69, 9.17) is 0 Å². The number of benzene rings is 1. The Balaban J connectivity index is 2.34. The van der Waals surface area contributed by atoms with E-state index in [1.54, 1.807) is 0 Å². The quantitative estimate of drug-likeness (QED) is 0.873. The summed E-state index contributed by atoms with van der Waals surface area (Å²) in [6.07, 6.45) is 0.948. The van der Waals surface area contributed by atoms with Gasteiger partial charge in [0, 0.05) is 16.2 Å². The summed E-state index contributed by atoms with van der Waals surface area (Å²) in [5.41, 5.74) is 0.947. The first kappa shape index (κ1) is 13.0. The van der Waals surface area contributed by atoms with Crippen molar-refractivity contribution in [3.63, 3.8) is 0 Å². The molecule has 0 aliphatic carbocycles. The van der Waals surface area contributed by atoms with Crippen LogP contribution >= 0.6 is 15.9 Å². The molecule has 3 nitrogen and oxygen atoms in total. The number of hydrogen-bond acceptors (Lipinski definition) is 2. The second-order valence-corrected chi connectivity index (χ2v) is 4.65. The van der Waals surface area contributed by atoms with E-state index in [1.165, 1.54) is 0 Å². The number of amides is 1. The Labute approximate surface area is 105 Å². The van der Waals surface area contributed by atoms with Gasteiger partial charge in [-0.1, -0.05) is 22.9 Å². The van der Waals surface area contributed by atoms with Crippen molar-refractivity contribution >= 4 is 27.5 Å². The number of nitrogens with one attached hydrogen (secondary N) is 2. The van der Waals surface area contributed by atoms with Gasteiger partial charge in [0.25, 0.3) is 0 Å². The van der Waals surface area contributed by atoms with Crippen LogP contribution in [0.2, 0.25) is 0 Å². The molecule has 0 aliphatic rings. The van der Waals surface area contributed by atoms with Gasteiger partial charge in [0.05, 0.1) is 6.54 Å². The molecule has 1 atom stereocenters. The van der Waals surface area contributed by atoms with Crippen LogP contribution in [0.3, 0.4) is 0 Å². The van der Waals surface area contributed by atoms with Gasteiger partial charge in [0.2, 0.25) is 5.91 Å². The van der Waals surface area contributed by atoms with Crippen molar-refractivity contribution in [1.29, 1.82) is 0 Å². The minimum absolute atomic E-state index is 0.0252. The van der Waals surface area contributed by atoms with Crippen LogP contribution in [-0.4, -0.2) is 18.5 Å². The summed E-state index contributed by atoms with van der Waals surface area (Å²) in [4.78, 5) is 11.5. The Kier molecular flexibility index (Phi) is 5.32. The second kappa shape index (κ2) is 6.53. The topological polar surface area (TPSA) is 41.1 Å². The average Bonchev–Trinajstić information content (AvgIpc) is 2.28. The number of hydrogen-bond donors (Lipinski definition) is 2. The number of halogens is 1. The Bertz CT molecular complexity index is 337. The van der Waals surface area contributed by atoms with Crippen molar-refractivity contribution in [3.05, 3.63) is 28.7 Å². The molecule has 0 spiro atoms. The summed E-state index contributed by atoms with van der Waals surface area (Å²) in [5, 5.41) is 5.97. The van der Waals surface area contributed by atoms with Crippen molar-refractivity contribution in [2.75, 3.05) is 11.9 Å². The van der Waals surface area contributed by atoms with E-state index in [-0.39, 0.29) is 11.9 Å². The third kappa shape index (κ3) is 4.66. The predicted molar refractivity (Wildman–Crippen MR) is 70.5 cm³/mol. The molecule has 0 saturated carbocycles. The second-order valence-electron chi connectivity index (χ2n) is 3.74. The van der Waals surface area contributed by atoms with Crippen LogP contribution in [0, 0.1) is 0 Å². The number of carbonyl (C=O) groups excluding carboxylic acids is 1. The molecule has 88 valence electrons. The van der Waals surface area contributed by atoms with Gasteiger partial charge >= 0.3 is 0 Å². The van der Waals surface area contributed by atoms with Crippen LogP contribution < -0.4 is 10.6 Å². The molecule has 0 aliphatic heterocycles. The summed E-state index contributed by atoms with van der Waals surface area (Å²) in [6, 6.07) is 7.98. The Morgan fingerprint density at radius 1 is 1.38 bits per heavy atom. The van der Waals surface area contributed by atoms with Gasteiger partial charge in [-0.3, -0.25) is 4.79 Å². The van der Waals surface area contributed by atoms with Crippen LogP contribution in [0.25, 0.3) is 0 Å². The molecule has 0 fully saturated rings. The first-order valence-electron chi connectivity index (χ1n) is 5.40. The molecular formula is C12H17BrN2O. The standard InChI is InChI=1S/C12H17BrN2O/c1-3-9(2)15-12(16)8-14-11-6-4-10(13)5-7-11/h4-7,9,14H,3,8H2,1-2H3,(H,15,16). The molecule has 16 heavy (non-hydrogen) atoms. The van der Waals surface area contributed by atoms with E-state index in [9.17, 15) is 4.79 Å². The van der Waals surface area contributed by atoms with Gasteiger partial charge in [-0.05, 0) is 37.6 Å². The molecule has 1 aromatic carbocycles. The first-order valence-corrected chi connectivity index (χ1v) is 6.20. The minimum Gasteiger partial charge on any atom is -0.376 e. The maximum Gasteiger partial charge on any atom is 0.239 e. The van der Waals surface area contributed by atoms with E-state index < -0.39 is 0 Å². The first-order chi connectivity index (χ1) is 7.61. The number of carbonyl (C=O) groups is 1. The molecule has 0 saturated heterocycles. The zero-order valence-corrected chi connectivity index (χ0v) is 11.2. The van der Waals surface area contributed by atoms with Crippen molar-refractivity contribution in [3.8, 4) is 0 Å². The van der Waals surface area contributed by atoms with Gasteiger partial charge in [-0.25, -0.2) is 0 Å². The van der Waals surface area contributed by atoms with Crippen LogP contribution in [0.1, 0.15) is 20.3 Å². The molecule has 1 amide bonds. The lowest BCUT2D eigenvalue weighted by atomic mass is 10.2. The molecule has 0 radical (unpaired) electrons. The minimum atomic E-state index is 0.0252. The molecule has 0 bridgehead atoms. The molecule has 2 N–H and O–H groups in total. The zero-order valence-electron chi connectivity index (χ0n) is 9.59. The van der Waals surface area contributed by atoms with Crippen molar-refractivity contribution in [2.45, 2.75) is 26.3 Å². The molecular weight excluding hydrogens is 268 g/mol. The molecule has 1 aromatic rings. The summed E-state index contributed by atoms with van der Waals surface area (Å²) in [5.74, 6) is 0.0252. The van der Waals surface area contributed by atoms with Crippen LogP contribution in [0.5, 0.6) is 0 Å². The van der Waals surface area contributed by atoms with E-state index in [1.807, 2.05) is 38.1 Å². The summed E-state index contributed by atoms with van der Waals surface area (Å²) >= 11 is 3.36. The Morgan fingerprint density at radius 3 is 2.56 bits per heavy atom. The van der Waals surface area contributed by atoms with Crippen LogP contribution in [-0.2, 0) is 4.79 Å². The van der Waals surface area contributed by atoms with Crippen LogP contribution in [0.15, 0.2) is 28.7 Å². The highest BCUT2D eigenvalue weighted by atomic mass is 79.9. The highest BCUT2D eigenvalue weighted by Crippen LogP contribution is 2.13. The lowest BCUT2D eigenvalue weighted by Gasteiger charge is -2.12. The zero-order chi connectivity index (χ0) is 12.0. The van der Waals surface area contributed by atoms with Crippen molar-refractivity contribution in [1.82, 2.24) is 5.32 Å². The van der Waals surface area contributed by atoms with Crippen molar-refractivity contribution in [2.24, 2.45) is 0 Å². The summed E-state index contributed by atoms with van der Waals surface area (Å²) in [7, 11) is 0. The number of anilines is 1. The smallest absolute Gasteiger partial charge is 0.239 e. The van der Waals surface area contributed by atoms with E-state index in [0.717, 1.165) is 16.6 Å². The highest BCUT2D eigenvalue weighted by Gasteiger charge is 2.04. The number of rotatable bonds is 5. The molecule has 0 heterocycles. The normalized spacial score (nSPS) is 11.9. The Hall–Kier alpha value is -1.03. The Morgan fingerprint density at radius 2 is 2.00 bits per heavy atom. The molecule has 1 rings (SSSR count). The van der Waals surface area contributed by atoms with E-state index in [2.05, 4.69) is 26.6 Å². The third-order valence-electron chi connectivity index (χ3n) is 2.32. The highest BCUT2D eigenvalue weighted by molar-refractivity contribution is 9.10. The summed E-state index contributed by atoms with van der Waals surface area (Å²) in [6.45, 7) is 4.36. The molecule has 0 aromatic heterocycles. The van der Waals surface area contributed by atoms with Crippen LogP contribution in [0.4, 0.5) is 5.69 Å². The SMILES string of the molecule is CCC(C)NC(=O)CNc1ccc(Br)cc1. The van der Waals surface area contributed by atoms with Gasteiger partial charge in [-0.2, -0.15) is 0 Å². The fraction of sp³-hybridized carbons (Fsp3) is 0.417. The predicted octanol–water partition coefficient (Wildman–Crippen LogP) is 2.78. The third-order valence-corrected chi connectivity index (χ3v) is 2.85.